The topological polar surface area (TPSA) is 89.5 Å². The lowest BCUT2D eigenvalue weighted by Gasteiger charge is -2.01. The van der Waals surface area contributed by atoms with Crippen molar-refractivity contribution in [3.8, 4) is 0 Å². The minimum absolute atomic E-state index is 0.188. The van der Waals surface area contributed by atoms with E-state index in [1.807, 2.05) is 6.07 Å². The summed E-state index contributed by atoms with van der Waals surface area (Å²) in [6, 6.07) is 13.2. The maximum atomic E-state index is 12.3. The zero-order valence-corrected chi connectivity index (χ0v) is 11.4. The van der Waals surface area contributed by atoms with Crippen molar-refractivity contribution in [1.82, 2.24) is 4.57 Å². The third-order valence-corrected chi connectivity index (χ3v) is 3.26. The smallest absolute Gasteiger partial charge is 0.420 e. The number of aliphatic carboxylic acids is 1. The number of carbonyl (C=O) groups excluding carboxylic acids is 1. The van der Waals surface area contributed by atoms with Gasteiger partial charge in [-0.15, -0.1) is 0 Å². The fraction of sp³-hybridized carbons (Fsp3) is 0.0625. The van der Waals surface area contributed by atoms with E-state index in [4.69, 9.17) is 9.52 Å². The van der Waals surface area contributed by atoms with E-state index in [2.05, 4.69) is 0 Å². The van der Waals surface area contributed by atoms with Crippen molar-refractivity contribution in [2.24, 2.45) is 0 Å². The zero-order valence-electron chi connectivity index (χ0n) is 11.4. The maximum absolute atomic E-state index is 12.3. The summed E-state index contributed by atoms with van der Waals surface area (Å²) >= 11 is 0. The van der Waals surface area contributed by atoms with Crippen LogP contribution in [0.15, 0.2) is 57.7 Å². The average Bonchev–Trinajstić information content (AvgIpc) is 2.82. The first-order chi connectivity index (χ1) is 10.6. The maximum Gasteiger partial charge on any atom is 0.420 e. The molecule has 0 aliphatic rings. The molecule has 110 valence electrons. The Bertz CT molecular complexity index is 921. The molecule has 1 N–H and O–H groups in total. The van der Waals surface area contributed by atoms with Gasteiger partial charge in [0.15, 0.2) is 11.4 Å². The Morgan fingerprint density at radius 1 is 1.05 bits per heavy atom. The Hall–Kier alpha value is -3.15. The zero-order chi connectivity index (χ0) is 15.7. The minimum Gasteiger partial charge on any atom is -0.480 e. The van der Waals surface area contributed by atoms with E-state index in [0.717, 1.165) is 4.57 Å². The Balaban J connectivity index is 2.06. The van der Waals surface area contributed by atoms with E-state index >= 15 is 0 Å². The van der Waals surface area contributed by atoms with Gasteiger partial charge in [-0.05, 0) is 18.2 Å². The number of rotatable bonds is 4. The van der Waals surface area contributed by atoms with Gasteiger partial charge in [0.1, 0.15) is 6.54 Å². The SMILES string of the molecule is O=C(O)Cn1c(=O)oc2cc(C(=O)c3ccccc3)ccc21. The van der Waals surface area contributed by atoms with Crippen molar-refractivity contribution < 1.29 is 19.1 Å². The number of aromatic nitrogens is 1. The monoisotopic (exact) mass is 297 g/mol. The van der Waals surface area contributed by atoms with Crippen LogP contribution in [0, 0.1) is 0 Å². The van der Waals surface area contributed by atoms with Gasteiger partial charge >= 0.3 is 11.7 Å². The van der Waals surface area contributed by atoms with E-state index in [0.29, 0.717) is 16.6 Å². The summed E-state index contributed by atoms with van der Waals surface area (Å²) in [5.41, 5.74) is 1.43. The minimum atomic E-state index is -1.14. The summed E-state index contributed by atoms with van der Waals surface area (Å²) in [7, 11) is 0. The van der Waals surface area contributed by atoms with Crippen molar-refractivity contribution >= 4 is 22.9 Å². The highest BCUT2D eigenvalue weighted by Crippen LogP contribution is 2.18. The molecule has 0 bridgehead atoms. The molecule has 0 spiro atoms. The number of hydrogen-bond donors (Lipinski definition) is 1. The highest BCUT2D eigenvalue weighted by atomic mass is 16.4. The normalized spacial score (nSPS) is 10.7. The average molecular weight is 297 g/mol. The van der Waals surface area contributed by atoms with Gasteiger partial charge in [0.25, 0.3) is 0 Å². The first-order valence-corrected chi connectivity index (χ1v) is 6.51. The molecule has 3 rings (SSSR count). The Morgan fingerprint density at radius 3 is 2.45 bits per heavy atom. The molecule has 0 radical (unpaired) electrons. The highest BCUT2D eigenvalue weighted by Gasteiger charge is 2.15. The van der Waals surface area contributed by atoms with Crippen LogP contribution in [0.5, 0.6) is 0 Å². The lowest BCUT2D eigenvalue weighted by molar-refractivity contribution is -0.137. The van der Waals surface area contributed by atoms with Gasteiger partial charge in [-0.1, -0.05) is 30.3 Å². The van der Waals surface area contributed by atoms with Gasteiger partial charge < -0.3 is 9.52 Å². The van der Waals surface area contributed by atoms with Crippen LogP contribution in [-0.2, 0) is 11.3 Å². The van der Waals surface area contributed by atoms with Crippen LogP contribution in [0.2, 0.25) is 0 Å². The number of carboxylic acids is 1. The van der Waals surface area contributed by atoms with Gasteiger partial charge in [0, 0.05) is 11.1 Å². The van der Waals surface area contributed by atoms with E-state index in [-0.39, 0.29) is 11.4 Å². The fourth-order valence-corrected chi connectivity index (χ4v) is 2.25. The Morgan fingerprint density at radius 2 is 1.77 bits per heavy atom. The van der Waals surface area contributed by atoms with Gasteiger partial charge in [0.2, 0.25) is 0 Å². The summed E-state index contributed by atoms with van der Waals surface area (Å²) in [5.74, 6) is -2.10. The largest absolute Gasteiger partial charge is 0.480 e. The highest BCUT2D eigenvalue weighted by molar-refractivity contribution is 6.10. The number of nitrogens with zero attached hydrogens (tertiary/aromatic N) is 1. The first kappa shape index (κ1) is 13.8. The molecule has 0 saturated carbocycles. The number of oxazole rings is 1. The first-order valence-electron chi connectivity index (χ1n) is 6.51. The van der Waals surface area contributed by atoms with Crippen molar-refractivity contribution in [3.63, 3.8) is 0 Å². The lowest BCUT2D eigenvalue weighted by Crippen LogP contribution is -2.19. The molecule has 6 heteroatoms. The van der Waals surface area contributed by atoms with Gasteiger partial charge in [-0.25, -0.2) is 4.79 Å². The van der Waals surface area contributed by atoms with Crippen LogP contribution < -0.4 is 5.76 Å². The number of hydrogen-bond acceptors (Lipinski definition) is 4. The van der Waals surface area contributed by atoms with Crippen molar-refractivity contribution in [2.75, 3.05) is 0 Å². The number of ketones is 1. The molecule has 0 fully saturated rings. The molecule has 3 aromatic rings. The second-order valence-electron chi connectivity index (χ2n) is 4.73. The molecular formula is C16H11NO5. The van der Waals surface area contributed by atoms with Crippen LogP contribution in [0.4, 0.5) is 0 Å². The quantitative estimate of drug-likeness (QED) is 0.743. The third-order valence-electron chi connectivity index (χ3n) is 3.26. The molecule has 0 unspecified atom stereocenters. The van der Waals surface area contributed by atoms with Gasteiger partial charge in [0.05, 0.1) is 5.52 Å². The number of benzene rings is 2. The molecule has 6 nitrogen and oxygen atoms in total. The molecule has 22 heavy (non-hydrogen) atoms. The predicted octanol–water partition coefficient (Wildman–Crippen LogP) is 1.91. The van der Waals surface area contributed by atoms with Crippen LogP contribution in [0.3, 0.4) is 0 Å². The molecule has 0 aliphatic heterocycles. The summed E-state index contributed by atoms with van der Waals surface area (Å²) < 4.78 is 6.03. The van der Waals surface area contributed by atoms with Crippen LogP contribution in [-0.4, -0.2) is 21.4 Å². The van der Waals surface area contributed by atoms with Crippen LogP contribution >= 0.6 is 0 Å². The fourth-order valence-electron chi connectivity index (χ4n) is 2.25. The van der Waals surface area contributed by atoms with Crippen molar-refractivity contribution in [1.29, 1.82) is 0 Å². The van der Waals surface area contributed by atoms with Gasteiger partial charge in [-0.3, -0.25) is 14.2 Å². The second kappa shape index (κ2) is 5.33. The molecular weight excluding hydrogens is 286 g/mol. The van der Waals surface area contributed by atoms with Crippen molar-refractivity contribution in [3.05, 3.63) is 70.2 Å². The molecule has 1 heterocycles. The lowest BCUT2D eigenvalue weighted by atomic mass is 10.0. The molecule has 0 saturated heterocycles. The summed E-state index contributed by atoms with van der Waals surface area (Å²) in [5, 5.41) is 8.81. The third kappa shape index (κ3) is 2.42. The molecule has 0 atom stereocenters. The molecule has 2 aromatic carbocycles. The molecule has 0 aliphatic carbocycles. The van der Waals surface area contributed by atoms with E-state index in [1.165, 1.54) is 12.1 Å². The number of fused-ring (bicyclic) bond motifs is 1. The summed E-state index contributed by atoms with van der Waals surface area (Å²) in [6.07, 6.45) is 0. The van der Waals surface area contributed by atoms with E-state index in [9.17, 15) is 14.4 Å². The van der Waals surface area contributed by atoms with E-state index in [1.54, 1.807) is 30.3 Å². The summed E-state index contributed by atoms with van der Waals surface area (Å²) in [4.78, 5) is 34.8. The van der Waals surface area contributed by atoms with Gasteiger partial charge in [-0.2, -0.15) is 0 Å². The predicted molar refractivity (Wildman–Crippen MR) is 78.0 cm³/mol. The Kier molecular flexibility index (Phi) is 3.34. The summed E-state index contributed by atoms with van der Waals surface area (Å²) in [6.45, 7) is -0.488. The standard InChI is InChI=1S/C16H11NO5/c18-14(19)9-17-12-7-6-11(8-13(12)22-16(17)21)15(20)10-4-2-1-3-5-10/h1-8H,9H2,(H,18,19). The Labute approximate surface area is 124 Å². The number of carbonyl (C=O) groups is 2. The van der Waals surface area contributed by atoms with Crippen LogP contribution in [0.1, 0.15) is 15.9 Å². The van der Waals surface area contributed by atoms with Crippen molar-refractivity contribution in [2.45, 2.75) is 6.54 Å². The number of carboxylic acid groups (broad SMARTS) is 1. The molecule has 0 amide bonds. The van der Waals surface area contributed by atoms with Crippen LogP contribution in [0.25, 0.3) is 11.1 Å². The van der Waals surface area contributed by atoms with E-state index < -0.39 is 18.3 Å². The molecule has 1 aromatic heterocycles. The second-order valence-corrected chi connectivity index (χ2v) is 4.73.